The summed E-state index contributed by atoms with van der Waals surface area (Å²) in [5.41, 5.74) is 0.998. The minimum Gasteiger partial charge on any atom is -0.469 e. The molecule has 0 aliphatic heterocycles. The van der Waals surface area contributed by atoms with Gasteiger partial charge in [0.05, 0.1) is 12.0 Å². The Balaban J connectivity index is 0.000000379. The van der Waals surface area contributed by atoms with Crippen molar-refractivity contribution in [3.63, 3.8) is 0 Å². The normalized spacial score (nSPS) is 9.30. The largest absolute Gasteiger partial charge is 0.469 e. The Labute approximate surface area is 133 Å². The van der Waals surface area contributed by atoms with Gasteiger partial charge in [-0.25, -0.2) is 0 Å². The second-order valence-corrected chi connectivity index (χ2v) is 4.43. The number of carbonyl (C=O) groups excluding carboxylic acids is 2. The number of non-ortho nitro benzene ring substituents is 1. The first kappa shape index (κ1) is 18.0. The van der Waals surface area contributed by atoms with E-state index in [1.807, 2.05) is 6.07 Å². The van der Waals surface area contributed by atoms with Gasteiger partial charge in [-0.1, -0.05) is 37.3 Å². The van der Waals surface area contributed by atoms with Crippen LogP contribution >= 0.6 is 0 Å². The summed E-state index contributed by atoms with van der Waals surface area (Å²) in [6, 6.07) is 14.4. The predicted molar refractivity (Wildman–Crippen MR) is 85.3 cm³/mol. The van der Waals surface area contributed by atoms with Crippen LogP contribution in [-0.2, 0) is 9.53 Å². The predicted octanol–water partition coefficient (Wildman–Crippen LogP) is 3.40. The standard InChI is InChI=1S/C13H9NO3.C4H8O2/c15-13(10-4-2-1-3-5-10)11-6-8-12(9-7-11)14(16)17;1-3-4(5)6-2/h1-9H;3H2,1-2H3. The lowest BCUT2D eigenvalue weighted by Crippen LogP contribution is -2.00. The van der Waals surface area contributed by atoms with Crippen molar-refractivity contribution in [2.24, 2.45) is 0 Å². The zero-order valence-corrected chi connectivity index (χ0v) is 12.9. The van der Waals surface area contributed by atoms with E-state index in [1.165, 1.54) is 31.4 Å². The van der Waals surface area contributed by atoms with E-state index >= 15 is 0 Å². The van der Waals surface area contributed by atoms with Crippen LogP contribution < -0.4 is 0 Å². The lowest BCUT2D eigenvalue weighted by Gasteiger charge is -2.00. The summed E-state index contributed by atoms with van der Waals surface area (Å²) in [4.78, 5) is 31.9. The molecule has 0 saturated carbocycles. The Morgan fingerprint density at radius 3 is 1.91 bits per heavy atom. The molecule has 0 aromatic heterocycles. The van der Waals surface area contributed by atoms with Crippen molar-refractivity contribution in [3.8, 4) is 0 Å². The molecule has 6 nitrogen and oxygen atoms in total. The van der Waals surface area contributed by atoms with Gasteiger partial charge in [0.15, 0.2) is 5.78 Å². The van der Waals surface area contributed by atoms with Gasteiger partial charge in [-0.05, 0) is 12.1 Å². The van der Waals surface area contributed by atoms with Crippen molar-refractivity contribution in [2.45, 2.75) is 13.3 Å². The monoisotopic (exact) mass is 315 g/mol. The highest BCUT2D eigenvalue weighted by molar-refractivity contribution is 6.09. The van der Waals surface area contributed by atoms with Crippen LogP contribution in [0.1, 0.15) is 29.3 Å². The highest BCUT2D eigenvalue weighted by Gasteiger charge is 2.10. The molecule has 0 aliphatic carbocycles. The van der Waals surface area contributed by atoms with Crippen molar-refractivity contribution in [3.05, 3.63) is 75.8 Å². The number of nitro benzene ring substituents is 1. The third kappa shape index (κ3) is 5.70. The van der Waals surface area contributed by atoms with E-state index in [2.05, 4.69) is 4.74 Å². The molecular weight excluding hydrogens is 298 g/mol. The molecule has 120 valence electrons. The second-order valence-electron chi connectivity index (χ2n) is 4.43. The number of nitrogens with zero attached hydrogens (tertiary/aromatic N) is 1. The van der Waals surface area contributed by atoms with Crippen molar-refractivity contribution in [1.29, 1.82) is 0 Å². The van der Waals surface area contributed by atoms with Gasteiger partial charge in [-0.15, -0.1) is 0 Å². The van der Waals surface area contributed by atoms with Crippen molar-refractivity contribution in [1.82, 2.24) is 0 Å². The number of hydrogen-bond acceptors (Lipinski definition) is 5. The molecule has 0 atom stereocenters. The molecule has 0 N–H and O–H groups in total. The van der Waals surface area contributed by atoms with Crippen molar-refractivity contribution < 1.29 is 19.2 Å². The Bertz CT molecular complexity index is 659. The average Bonchev–Trinajstić information content (AvgIpc) is 2.61. The highest BCUT2D eigenvalue weighted by atomic mass is 16.6. The number of hydrogen-bond donors (Lipinski definition) is 0. The summed E-state index contributed by atoms with van der Waals surface area (Å²) in [5, 5.41) is 10.5. The Kier molecular flexibility index (Phi) is 7.13. The number of benzene rings is 2. The Morgan fingerprint density at radius 1 is 1.00 bits per heavy atom. The van der Waals surface area contributed by atoms with E-state index < -0.39 is 4.92 Å². The Morgan fingerprint density at radius 2 is 1.52 bits per heavy atom. The first-order valence-corrected chi connectivity index (χ1v) is 6.90. The van der Waals surface area contributed by atoms with Crippen LogP contribution in [0.2, 0.25) is 0 Å². The van der Waals surface area contributed by atoms with Gasteiger partial charge >= 0.3 is 5.97 Å². The SMILES string of the molecule is CCC(=O)OC.O=C(c1ccccc1)c1ccc([N+](=O)[O-])cc1. The summed E-state index contributed by atoms with van der Waals surface area (Å²) in [6.45, 7) is 1.76. The molecule has 0 fully saturated rings. The summed E-state index contributed by atoms with van der Waals surface area (Å²) in [5.74, 6) is -0.296. The highest BCUT2D eigenvalue weighted by Crippen LogP contribution is 2.15. The maximum Gasteiger partial charge on any atom is 0.305 e. The van der Waals surface area contributed by atoms with Gasteiger partial charge in [-0.2, -0.15) is 0 Å². The molecule has 0 amide bonds. The molecule has 0 spiro atoms. The molecule has 0 bridgehead atoms. The number of ether oxygens (including phenoxy) is 1. The van der Waals surface area contributed by atoms with Crippen LogP contribution in [-0.4, -0.2) is 23.8 Å². The number of carbonyl (C=O) groups is 2. The first-order valence-electron chi connectivity index (χ1n) is 6.90. The number of methoxy groups -OCH3 is 1. The topological polar surface area (TPSA) is 86.5 Å². The third-order valence-corrected chi connectivity index (χ3v) is 2.89. The van der Waals surface area contributed by atoms with Crippen LogP contribution in [0.5, 0.6) is 0 Å². The van der Waals surface area contributed by atoms with Gasteiger partial charge in [0.25, 0.3) is 5.69 Å². The minimum absolute atomic E-state index is 0.0189. The molecule has 0 heterocycles. The molecule has 0 radical (unpaired) electrons. The molecular formula is C17H17NO5. The molecule has 23 heavy (non-hydrogen) atoms. The summed E-state index contributed by atoms with van der Waals surface area (Å²) < 4.78 is 4.26. The van der Waals surface area contributed by atoms with Gasteiger partial charge in [0, 0.05) is 29.7 Å². The first-order chi connectivity index (χ1) is 11.0. The number of esters is 1. The summed E-state index contributed by atoms with van der Waals surface area (Å²) in [7, 11) is 1.38. The maximum absolute atomic E-state index is 12.0. The van der Waals surface area contributed by atoms with Gasteiger partial charge in [0.1, 0.15) is 0 Å². The molecule has 2 aromatic carbocycles. The summed E-state index contributed by atoms with van der Waals surface area (Å²) >= 11 is 0. The van der Waals surface area contributed by atoms with E-state index in [9.17, 15) is 19.7 Å². The molecule has 2 aromatic rings. The fraction of sp³-hybridized carbons (Fsp3) is 0.176. The van der Waals surface area contributed by atoms with Crippen LogP contribution in [0, 0.1) is 10.1 Å². The molecule has 0 saturated heterocycles. The smallest absolute Gasteiger partial charge is 0.305 e. The lowest BCUT2D eigenvalue weighted by molar-refractivity contribution is -0.384. The zero-order valence-electron chi connectivity index (χ0n) is 12.9. The fourth-order valence-electron chi connectivity index (χ4n) is 1.64. The van der Waals surface area contributed by atoms with Crippen LogP contribution in [0.4, 0.5) is 5.69 Å². The summed E-state index contributed by atoms with van der Waals surface area (Å²) in [6.07, 6.45) is 0.469. The number of rotatable bonds is 4. The van der Waals surface area contributed by atoms with Crippen LogP contribution in [0.15, 0.2) is 54.6 Å². The number of nitro groups is 1. The van der Waals surface area contributed by atoms with Crippen molar-refractivity contribution in [2.75, 3.05) is 7.11 Å². The van der Waals surface area contributed by atoms with Gasteiger partial charge in [-0.3, -0.25) is 19.7 Å². The third-order valence-electron chi connectivity index (χ3n) is 2.89. The minimum atomic E-state index is -0.489. The van der Waals surface area contributed by atoms with Crippen molar-refractivity contribution >= 4 is 17.4 Å². The zero-order chi connectivity index (χ0) is 17.2. The van der Waals surface area contributed by atoms with E-state index in [-0.39, 0.29) is 17.4 Å². The van der Waals surface area contributed by atoms with E-state index in [1.54, 1.807) is 31.2 Å². The fourth-order valence-corrected chi connectivity index (χ4v) is 1.64. The molecule has 2 rings (SSSR count). The average molecular weight is 315 g/mol. The van der Waals surface area contributed by atoms with Gasteiger partial charge < -0.3 is 4.74 Å². The van der Waals surface area contributed by atoms with Gasteiger partial charge in [0.2, 0.25) is 0 Å². The number of ketones is 1. The van der Waals surface area contributed by atoms with E-state index in [0.29, 0.717) is 17.5 Å². The molecule has 0 unspecified atom stereocenters. The second kappa shape index (κ2) is 9.09. The van der Waals surface area contributed by atoms with Crippen LogP contribution in [0.25, 0.3) is 0 Å². The maximum atomic E-state index is 12.0. The molecule has 0 aliphatic rings. The van der Waals surface area contributed by atoms with E-state index in [0.717, 1.165) is 0 Å². The Hall–Kier alpha value is -3.02. The van der Waals surface area contributed by atoms with Crippen LogP contribution in [0.3, 0.4) is 0 Å². The molecule has 6 heteroatoms. The lowest BCUT2D eigenvalue weighted by atomic mass is 10.0. The quantitative estimate of drug-likeness (QED) is 0.373. The van der Waals surface area contributed by atoms with E-state index in [4.69, 9.17) is 0 Å².